The molecular formula is C15H14O4S2-. The van der Waals surface area contributed by atoms with Gasteiger partial charge in [0.15, 0.2) is 0 Å². The number of hydrogen-bond acceptors (Lipinski definition) is 4. The smallest absolute Gasteiger partial charge is 0.0425 e. The Bertz CT molecular complexity index is 758. The zero-order valence-electron chi connectivity index (χ0n) is 11.6. The van der Waals surface area contributed by atoms with E-state index >= 15 is 0 Å². The van der Waals surface area contributed by atoms with Crippen LogP contribution in [0.1, 0.15) is 11.1 Å². The van der Waals surface area contributed by atoms with Crippen molar-refractivity contribution in [3.8, 4) is 0 Å². The summed E-state index contributed by atoms with van der Waals surface area (Å²) in [5.74, 6) is 0. The van der Waals surface area contributed by atoms with Crippen LogP contribution in [0.5, 0.6) is 0 Å². The second-order valence-electron chi connectivity index (χ2n) is 4.72. The van der Waals surface area contributed by atoms with E-state index in [0.717, 1.165) is 11.1 Å². The summed E-state index contributed by atoms with van der Waals surface area (Å²) in [7, 11) is -8.26. The van der Waals surface area contributed by atoms with Crippen molar-refractivity contribution in [3.05, 3.63) is 64.7 Å². The maximum atomic E-state index is 12.1. The Morgan fingerprint density at radius 1 is 0.619 bits per heavy atom. The van der Waals surface area contributed by atoms with Crippen molar-refractivity contribution in [2.75, 3.05) is 0 Å². The fourth-order valence-electron chi connectivity index (χ4n) is 1.68. The number of rotatable bonds is 4. The summed E-state index contributed by atoms with van der Waals surface area (Å²) < 4.78 is 48.4. The summed E-state index contributed by atoms with van der Waals surface area (Å²) in [4.78, 5) is -0.187. The van der Waals surface area contributed by atoms with Crippen molar-refractivity contribution in [1.82, 2.24) is 0 Å². The van der Waals surface area contributed by atoms with Gasteiger partial charge in [-0.2, -0.15) is 5.08 Å². The molecule has 0 bridgehead atoms. The van der Waals surface area contributed by atoms with Gasteiger partial charge in [-0.1, -0.05) is 35.4 Å². The number of hydrogen-bond donors (Lipinski definition) is 0. The highest BCUT2D eigenvalue weighted by Gasteiger charge is 2.12. The lowest BCUT2D eigenvalue weighted by molar-refractivity contribution is 0.594. The first-order valence-electron chi connectivity index (χ1n) is 6.13. The summed E-state index contributed by atoms with van der Waals surface area (Å²) in [6, 6.07) is 11.9. The molecular weight excluding hydrogens is 308 g/mol. The van der Waals surface area contributed by atoms with E-state index in [2.05, 4.69) is 0 Å². The molecule has 0 fully saturated rings. The maximum Gasteiger partial charge on any atom is 0.0425 e. The third-order valence-corrected chi connectivity index (χ3v) is 6.42. The van der Waals surface area contributed by atoms with Crippen LogP contribution in [0.3, 0.4) is 0 Å². The number of sulfone groups is 2. The topological polar surface area (TPSA) is 68.3 Å². The van der Waals surface area contributed by atoms with Crippen LogP contribution in [-0.4, -0.2) is 16.8 Å². The van der Waals surface area contributed by atoms with Crippen molar-refractivity contribution in [2.24, 2.45) is 0 Å². The van der Waals surface area contributed by atoms with Gasteiger partial charge in [-0.15, -0.1) is 0 Å². The van der Waals surface area contributed by atoms with E-state index in [-0.39, 0.29) is 9.79 Å². The first-order valence-corrected chi connectivity index (χ1v) is 9.09. The third kappa shape index (κ3) is 3.71. The summed E-state index contributed by atoms with van der Waals surface area (Å²) in [6.07, 6.45) is 0. The van der Waals surface area contributed by atoms with Crippen LogP contribution in [0.2, 0.25) is 0 Å². The monoisotopic (exact) mass is 322 g/mol. The van der Waals surface area contributed by atoms with Gasteiger partial charge in [0.25, 0.3) is 0 Å². The van der Waals surface area contributed by atoms with Crippen LogP contribution in [0.25, 0.3) is 0 Å². The fourth-order valence-corrected chi connectivity index (χ4v) is 4.59. The molecule has 0 amide bonds. The number of benzene rings is 2. The van der Waals surface area contributed by atoms with Crippen LogP contribution in [0, 0.1) is 18.9 Å². The molecule has 21 heavy (non-hydrogen) atoms. The van der Waals surface area contributed by atoms with Crippen molar-refractivity contribution in [1.29, 1.82) is 0 Å². The fraction of sp³-hybridized carbons (Fsp3) is 0.133. The first-order chi connectivity index (χ1) is 9.71. The molecule has 0 saturated carbocycles. The molecule has 0 spiro atoms. The van der Waals surface area contributed by atoms with Crippen LogP contribution < -0.4 is 0 Å². The van der Waals surface area contributed by atoms with Gasteiger partial charge < -0.3 is 0 Å². The Kier molecular flexibility index (Phi) is 4.20. The van der Waals surface area contributed by atoms with Gasteiger partial charge in [0.2, 0.25) is 0 Å². The summed E-state index contributed by atoms with van der Waals surface area (Å²) in [5, 5.41) is 1.75. The second kappa shape index (κ2) is 5.61. The molecule has 0 aliphatic rings. The Balaban J connectivity index is 2.35. The molecule has 111 valence electrons. The van der Waals surface area contributed by atoms with E-state index in [0.29, 0.717) is 0 Å². The summed E-state index contributed by atoms with van der Waals surface area (Å²) in [5.41, 5.74) is 1.77. The van der Waals surface area contributed by atoms with Crippen LogP contribution in [0.4, 0.5) is 0 Å². The normalized spacial score (nSPS) is 12.3. The summed E-state index contributed by atoms with van der Waals surface area (Å²) >= 11 is 0. The van der Waals surface area contributed by atoms with Gasteiger partial charge in [-0.25, -0.2) is 0 Å². The standard InChI is InChI=1S/C15H14O4S2/c1-12-3-7-14(8-4-12)20(16,17)11-21(18,19)15-9-5-13(2)6-10-15/h3-10H,1-2H3/q-1. The average Bonchev–Trinajstić information content (AvgIpc) is 2.38. The van der Waals surface area contributed by atoms with Crippen molar-refractivity contribution in [2.45, 2.75) is 23.6 Å². The van der Waals surface area contributed by atoms with Gasteiger partial charge in [0.05, 0.1) is 0 Å². The maximum absolute atomic E-state index is 12.1. The van der Waals surface area contributed by atoms with Crippen LogP contribution in [0.15, 0.2) is 58.3 Å². The molecule has 0 saturated heterocycles. The van der Waals surface area contributed by atoms with Gasteiger partial charge in [-0.3, -0.25) is 16.8 Å². The minimum absolute atomic E-state index is 0.0937. The molecule has 0 N–H and O–H groups in total. The minimum atomic E-state index is -4.13. The van der Waals surface area contributed by atoms with Gasteiger partial charge in [-0.05, 0) is 38.1 Å². The van der Waals surface area contributed by atoms with E-state index in [9.17, 15) is 16.8 Å². The van der Waals surface area contributed by atoms with Gasteiger partial charge in [0.1, 0.15) is 0 Å². The lowest BCUT2D eigenvalue weighted by atomic mass is 10.2. The van der Waals surface area contributed by atoms with Crippen molar-refractivity contribution >= 4 is 19.7 Å². The van der Waals surface area contributed by atoms with E-state index in [1.54, 1.807) is 29.4 Å². The second-order valence-corrected chi connectivity index (χ2v) is 8.34. The lowest BCUT2D eigenvalue weighted by Crippen LogP contribution is -2.11. The Morgan fingerprint density at radius 3 is 1.19 bits per heavy atom. The molecule has 0 atom stereocenters. The Hall–Kier alpha value is -1.66. The predicted molar refractivity (Wildman–Crippen MR) is 80.0 cm³/mol. The molecule has 0 heterocycles. The molecule has 1 radical (unpaired) electrons. The van der Waals surface area contributed by atoms with Gasteiger partial charge >= 0.3 is 0 Å². The first kappa shape index (κ1) is 15.7. The Labute approximate surface area is 125 Å². The zero-order valence-corrected chi connectivity index (χ0v) is 13.2. The van der Waals surface area contributed by atoms with E-state index < -0.39 is 19.7 Å². The lowest BCUT2D eigenvalue weighted by Gasteiger charge is -2.19. The molecule has 6 heteroatoms. The van der Waals surface area contributed by atoms with Crippen molar-refractivity contribution < 1.29 is 16.8 Å². The molecule has 4 nitrogen and oxygen atoms in total. The van der Waals surface area contributed by atoms with Gasteiger partial charge in [0, 0.05) is 29.5 Å². The zero-order chi connectivity index (χ0) is 15.7. The largest absolute Gasteiger partial charge is 0.259 e. The van der Waals surface area contributed by atoms with Crippen LogP contribution in [-0.2, 0) is 19.7 Å². The highest BCUT2D eigenvalue weighted by atomic mass is 32.3. The minimum Gasteiger partial charge on any atom is -0.259 e. The van der Waals surface area contributed by atoms with E-state index in [1.165, 1.54) is 24.3 Å². The van der Waals surface area contributed by atoms with E-state index in [4.69, 9.17) is 0 Å². The quantitative estimate of drug-likeness (QED) is 0.811. The molecule has 0 unspecified atom stereocenters. The third-order valence-electron chi connectivity index (χ3n) is 2.88. The SMILES string of the molecule is Cc1ccc(S(=O)(=O)[C-]S(=O)(=O)c2ccc(C)cc2)cc1. The summed E-state index contributed by atoms with van der Waals surface area (Å²) in [6.45, 7) is 3.62. The molecule has 0 aliphatic carbocycles. The number of aryl methyl sites for hydroxylation is 2. The average molecular weight is 322 g/mol. The van der Waals surface area contributed by atoms with E-state index in [1.807, 2.05) is 13.8 Å². The predicted octanol–water partition coefficient (Wildman–Crippen LogP) is 2.55. The highest BCUT2D eigenvalue weighted by Crippen LogP contribution is 2.22. The van der Waals surface area contributed by atoms with Crippen molar-refractivity contribution in [3.63, 3.8) is 0 Å². The Morgan fingerprint density at radius 2 is 0.905 bits per heavy atom. The molecule has 0 aromatic heterocycles. The van der Waals surface area contributed by atoms with Crippen LogP contribution >= 0.6 is 0 Å². The molecule has 2 aromatic rings. The highest BCUT2D eigenvalue weighted by molar-refractivity contribution is 8.11. The molecule has 2 rings (SSSR count). The molecule has 2 aromatic carbocycles. The molecule has 0 aliphatic heterocycles.